The van der Waals surface area contributed by atoms with Crippen molar-refractivity contribution in [3.8, 4) is 0 Å². The minimum absolute atomic E-state index is 0.233. The summed E-state index contributed by atoms with van der Waals surface area (Å²) in [5, 5.41) is 7.98. The van der Waals surface area contributed by atoms with Gasteiger partial charge in [0.15, 0.2) is 8.32 Å². The van der Waals surface area contributed by atoms with E-state index in [1.54, 1.807) is 0 Å². The van der Waals surface area contributed by atoms with Crippen molar-refractivity contribution in [2.45, 2.75) is 59.4 Å². The molecule has 0 radical (unpaired) electrons. The first-order chi connectivity index (χ1) is 8.53. The van der Waals surface area contributed by atoms with Crippen LogP contribution in [-0.4, -0.2) is 14.0 Å². The van der Waals surface area contributed by atoms with Gasteiger partial charge in [-0.1, -0.05) is 38.5 Å². The molecule has 0 spiro atoms. The summed E-state index contributed by atoms with van der Waals surface area (Å²) in [7, 11) is -1.70. The van der Waals surface area contributed by atoms with Gasteiger partial charge in [-0.3, -0.25) is 0 Å². The molecule has 3 heteroatoms. The Morgan fingerprint density at radius 2 is 1.79 bits per heavy atom. The minimum Gasteiger partial charge on any atom is -0.413 e. The van der Waals surface area contributed by atoms with Gasteiger partial charge in [-0.2, -0.15) is 0 Å². The molecule has 1 rings (SSSR count). The average Bonchev–Trinajstić information content (AvgIpc) is 2.24. The highest BCUT2D eigenvalue weighted by atomic mass is 28.4. The quantitative estimate of drug-likeness (QED) is 0.616. The third-order valence-corrected chi connectivity index (χ3v) is 8.45. The molecule has 0 aliphatic carbocycles. The number of nitrogens with one attached hydrogen (secondary N) is 1. The van der Waals surface area contributed by atoms with E-state index in [9.17, 15) is 0 Å². The molecule has 0 bridgehead atoms. The second kappa shape index (κ2) is 5.59. The van der Waals surface area contributed by atoms with E-state index < -0.39 is 8.32 Å². The third-order valence-electron chi connectivity index (χ3n) is 3.98. The van der Waals surface area contributed by atoms with Crippen molar-refractivity contribution in [3.63, 3.8) is 0 Å². The molecule has 0 fully saturated rings. The Bertz CT molecular complexity index is 472. The summed E-state index contributed by atoms with van der Waals surface area (Å²) in [5.74, 6) is 0. The van der Waals surface area contributed by atoms with E-state index in [0.717, 1.165) is 5.56 Å². The Balaban J connectivity index is 2.87. The molecule has 0 atom stereocenters. The predicted molar refractivity (Wildman–Crippen MR) is 85.7 cm³/mol. The highest BCUT2D eigenvalue weighted by molar-refractivity contribution is 6.74. The van der Waals surface area contributed by atoms with Crippen LogP contribution in [0.3, 0.4) is 0 Å². The van der Waals surface area contributed by atoms with Crippen LogP contribution in [0.15, 0.2) is 18.2 Å². The molecule has 0 saturated heterocycles. The van der Waals surface area contributed by atoms with Crippen LogP contribution in [0.25, 0.3) is 0 Å². The van der Waals surface area contributed by atoms with Crippen molar-refractivity contribution in [1.29, 1.82) is 5.41 Å². The second-order valence-electron chi connectivity index (χ2n) is 6.88. The number of rotatable bonds is 4. The van der Waals surface area contributed by atoms with Crippen molar-refractivity contribution in [3.05, 3.63) is 34.9 Å². The first-order valence-electron chi connectivity index (χ1n) is 6.83. The fraction of sp³-hybridized carbons (Fsp3) is 0.562. The molecular weight excluding hydrogens is 250 g/mol. The molecule has 0 aromatic heterocycles. The maximum Gasteiger partial charge on any atom is 0.192 e. The fourth-order valence-corrected chi connectivity index (χ4v) is 2.60. The largest absolute Gasteiger partial charge is 0.413 e. The van der Waals surface area contributed by atoms with Gasteiger partial charge in [-0.15, -0.1) is 0 Å². The zero-order valence-electron chi connectivity index (χ0n) is 13.3. The van der Waals surface area contributed by atoms with Crippen LogP contribution >= 0.6 is 0 Å². The molecule has 106 valence electrons. The van der Waals surface area contributed by atoms with Crippen LogP contribution in [0.5, 0.6) is 0 Å². The van der Waals surface area contributed by atoms with Crippen LogP contribution in [0.1, 0.15) is 44.4 Å². The van der Waals surface area contributed by atoms with Gasteiger partial charge in [0.1, 0.15) is 0 Å². The van der Waals surface area contributed by atoms with E-state index in [2.05, 4.69) is 59.0 Å². The molecule has 0 aliphatic heterocycles. The lowest BCUT2D eigenvalue weighted by Gasteiger charge is -2.36. The third kappa shape index (κ3) is 4.29. The fourth-order valence-electron chi connectivity index (χ4n) is 1.64. The maximum atomic E-state index is 7.75. The molecule has 0 unspecified atom stereocenters. The molecule has 19 heavy (non-hydrogen) atoms. The summed E-state index contributed by atoms with van der Waals surface area (Å²) in [6, 6.07) is 6.28. The molecular formula is C16H27NOSi. The van der Waals surface area contributed by atoms with Gasteiger partial charge in [-0.25, -0.2) is 0 Å². The molecule has 2 nitrogen and oxygen atoms in total. The molecule has 0 amide bonds. The molecule has 1 aromatic carbocycles. The number of aryl methyl sites for hydroxylation is 1. The van der Waals surface area contributed by atoms with Crippen LogP contribution in [0.2, 0.25) is 18.1 Å². The lowest BCUT2D eigenvalue weighted by molar-refractivity contribution is 0.276. The number of benzene rings is 1. The van der Waals surface area contributed by atoms with E-state index in [1.807, 2.05) is 6.92 Å². The Labute approximate surface area is 118 Å². The summed E-state index contributed by atoms with van der Waals surface area (Å²) in [6.07, 6.45) is 0. The van der Waals surface area contributed by atoms with Crippen molar-refractivity contribution < 1.29 is 4.43 Å². The monoisotopic (exact) mass is 277 g/mol. The van der Waals surface area contributed by atoms with Crippen LogP contribution in [0, 0.1) is 12.3 Å². The molecule has 0 saturated carbocycles. The Kier molecular flexibility index (Phi) is 4.75. The first-order valence-corrected chi connectivity index (χ1v) is 9.74. The lowest BCUT2D eigenvalue weighted by atomic mass is 10.0. The smallest absolute Gasteiger partial charge is 0.192 e. The standard InChI is InChI=1S/C16H27NOSi/c1-12-8-14(10-15(9-12)13(2)17)11-18-19(6,7)16(3,4)5/h8-10,17H,11H2,1-7H3. The van der Waals surface area contributed by atoms with Crippen molar-refractivity contribution in [2.24, 2.45) is 0 Å². The topological polar surface area (TPSA) is 33.1 Å². The van der Waals surface area contributed by atoms with Crippen molar-refractivity contribution >= 4 is 14.0 Å². The molecule has 1 N–H and O–H groups in total. The highest BCUT2D eigenvalue weighted by Gasteiger charge is 2.36. The summed E-state index contributed by atoms with van der Waals surface area (Å²) in [4.78, 5) is 0. The van der Waals surface area contributed by atoms with Gasteiger partial charge >= 0.3 is 0 Å². The molecule has 0 heterocycles. The minimum atomic E-state index is -1.70. The SMILES string of the molecule is CC(=N)c1cc(C)cc(CO[Si](C)(C)C(C)(C)C)c1. The Hall–Kier alpha value is -0.933. The van der Waals surface area contributed by atoms with Gasteiger partial charge in [-0.05, 0) is 49.2 Å². The van der Waals surface area contributed by atoms with E-state index in [0.29, 0.717) is 12.3 Å². The summed E-state index contributed by atoms with van der Waals surface area (Å²) in [5.41, 5.74) is 3.97. The van der Waals surface area contributed by atoms with E-state index >= 15 is 0 Å². The first kappa shape index (κ1) is 16.1. The van der Waals surface area contributed by atoms with Gasteiger partial charge in [0.2, 0.25) is 0 Å². The summed E-state index contributed by atoms with van der Waals surface area (Å²) >= 11 is 0. The second-order valence-corrected chi connectivity index (χ2v) is 11.7. The summed E-state index contributed by atoms with van der Waals surface area (Å²) < 4.78 is 6.24. The van der Waals surface area contributed by atoms with Gasteiger partial charge in [0.25, 0.3) is 0 Å². The lowest BCUT2D eigenvalue weighted by Crippen LogP contribution is -2.40. The van der Waals surface area contributed by atoms with Gasteiger partial charge in [0.05, 0.1) is 6.61 Å². The maximum absolute atomic E-state index is 7.75. The number of hydrogen-bond donors (Lipinski definition) is 1. The zero-order valence-corrected chi connectivity index (χ0v) is 14.3. The highest BCUT2D eigenvalue weighted by Crippen LogP contribution is 2.37. The summed E-state index contributed by atoms with van der Waals surface area (Å²) in [6.45, 7) is 15.8. The van der Waals surface area contributed by atoms with Crippen molar-refractivity contribution in [2.75, 3.05) is 0 Å². The normalized spacial score (nSPS) is 12.6. The van der Waals surface area contributed by atoms with Crippen molar-refractivity contribution in [1.82, 2.24) is 0 Å². The van der Waals surface area contributed by atoms with E-state index in [1.165, 1.54) is 11.1 Å². The number of hydrogen-bond acceptors (Lipinski definition) is 2. The van der Waals surface area contributed by atoms with Gasteiger partial charge in [0, 0.05) is 5.71 Å². The molecule has 0 aliphatic rings. The Morgan fingerprint density at radius 3 is 2.26 bits per heavy atom. The Morgan fingerprint density at radius 1 is 1.21 bits per heavy atom. The van der Waals surface area contributed by atoms with Crippen LogP contribution < -0.4 is 0 Å². The average molecular weight is 277 g/mol. The van der Waals surface area contributed by atoms with E-state index in [-0.39, 0.29) is 5.04 Å². The van der Waals surface area contributed by atoms with Gasteiger partial charge < -0.3 is 9.84 Å². The zero-order chi connectivity index (χ0) is 14.8. The van der Waals surface area contributed by atoms with Crippen LogP contribution in [0.4, 0.5) is 0 Å². The van der Waals surface area contributed by atoms with E-state index in [4.69, 9.17) is 9.84 Å². The van der Waals surface area contributed by atoms with Crippen LogP contribution in [-0.2, 0) is 11.0 Å². The predicted octanol–water partition coefficient (Wildman–Crippen LogP) is 4.90. The molecule has 1 aromatic rings.